The Morgan fingerprint density at radius 1 is 1.13 bits per heavy atom. The fraction of sp³-hybridized carbons (Fsp3) is 0.182. The minimum Gasteiger partial charge on any atom is -0.482 e. The van der Waals surface area contributed by atoms with Crippen molar-refractivity contribution < 1.29 is 17.9 Å². The van der Waals surface area contributed by atoms with Crippen LogP contribution in [0.15, 0.2) is 71.8 Å². The Hall–Kier alpha value is -3.10. The summed E-state index contributed by atoms with van der Waals surface area (Å²) >= 11 is 6.25. The summed E-state index contributed by atoms with van der Waals surface area (Å²) in [4.78, 5) is 16.2. The van der Waals surface area contributed by atoms with E-state index in [1.165, 1.54) is 22.5 Å². The van der Waals surface area contributed by atoms with E-state index in [9.17, 15) is 13.2 Å². The van der Waals surface area contributed by atoms with Crippen LogP contribution in [-0.4, -0.2) is 32.5 Å². The largest absolute Gasteiger partial charge is 0.482 e. The number of benzene rings is 2. The van der Waals surface area contributed by atoms with Crippen LogP contribution in [-0.2, 0) is 27.8 Å². The fourth-order valence-corrected chi connectivity index (χ4v) is 5.16. The van der Waals surface area contributed by atoms with Gasteiger partial charge in [-0.2, -0.15) is 0 Å². The topological polar surface area (TPSA) is 88.6 Å². The maximum Gasteiger partial charge on any atom is 0.264 e. The van der Waals surface area contributed by atoms with Gasteiger partial charge in [0, 0.05) is 12.7 Å². The standard InChI is InChI=1S/C22H20ClN3O4S/c23-19-13-18(31(28,29)26-12-10-16-5-1-2-7-20(16)26)8-9-21(19)30-15-22(27)25-14-17-6-3-4-11-24-17/h1-9,11,13H,10,12,14-15H2,(H,25,27). The number of aromatic nitrogens is 1. The molecule has 0 radical (unpaired) electrons. The number of ether oxygens (including phenoxy) is 1. The number of sulfonamides is 1. The van der Waals surface area contributed by atoms with E-state index in [0.29, 0.717) is 18.7 Å². The van der Waals surface area contributed by atoms with E-state index in [2.05, 4.69) is 10.3 Å². The molecule has 2 heterocycles. The monoisotopic (exact) mass is 457 g/mol. The number of anilines is 1. The van der Waals surface area contributed by atoms with Crippen LogP contribution < -0.4 is 14.4 Å². The number of pyridine rings is 1. The number of nitrogens with zero attached hydrogens (tertiary/aromatic N) is 2. The molecule has 9 heteroatoms. The molecule has 4 rings (SSSR count). The molecular weight excluding hydrogens is 438 g/mol. The van der Waals surface area contributed by atoms with E-state index >= 15 is 0 Å². The Balaban J connectivity index is 1.41. The summed E-state index contributed by atoms with van der Waals surface area (Å²) in [7, 11) is -3.75. The lowest BCUT2D eigenvalue weighted by Gasteiger charge is -2.20. The van der Waals surface area contributed by atoms with Gasteiger partial charge in [-0.15, -0.1) is 0 Å². The van der Waals surface area contributed by atoms with E-state index in [4.69, 9.17) is 16.3 Å². The molecule has 0 atom stereocenters. The number of para-hydroxylation sites is 1. The molecule has 2 aromatic carbocycles. The van der Waals surface area contributed by atoms with Gasteiger partial charge in [0.15, 0.2) is 6.61 Å². The lowest BCUT2D eigenvalue weighted by molar-refractivity contribution is -0.123. The number of nitrogens with one attached hydrogen (secondary N) is 1. The minimum absolute atomic E-state index is 0.0705. The number of fused-ring (bicyclic) bond motifs is 1. The Bertz CT molecular complexity index is 1200. The molecule has 1 N–H and O–H groups in total. The molecule has 1 amide bonds. The van der Waals surface area contributed by atoms with E-state index in [1.807, 2.05) is 24.3 Å². The number of carbonyl (C=O) groups excluding carboxylic acids is 1. The quantitative estimate of drug-likeness (QED) is 0.588. The first kappa shape index (κ1) is 21.1. The molecule has 1 aliphatic heterocycles. The average molecular weight is 458 g/mol. The highest BCUT2D eigenvalue weighted by Gasteiger charge is 2.31. The normalized spacial score (nSPS) is 13.0. The predicted molar refractivity (Wildman–Crippen MR) is 118 cm³/mol. The third kappa shape index (κ3) is 4.65. The van der Waals surface area contributed by atoms with Crippen LogP contribution in [0.5, 0.6) is 5.75 Å². The minimum atomic E-state index is -3.75. The van der Waals surface area contributed by atoms with Gasteiger partial charge in [0.2, 0.25) is 0 Å². The van der Waals surface area contributed by atoms with Crippen LogP contribution in [0.25, 0.3) is 0 Å². The Kier molecular flexibility index (Phi) is 6.11. The molecule has 1 aromatic heterocycles. The zero-order valence-corrected chi connectivity index (χ0v) is 18.1. The first-order valence-corrected chi connectivity index (χ1v) is 11.5. The van der Waals surface area contributed by atoms with Crippen LogP contribution >= 0.6 is 11.6 Å². The number of halogens is 1. The predicted octanol–water partition coefficient (Wildman–Crippen LogP) is 3.18. The summed E-state index contributed by atoms with van der Waals surface area (Å²) < 4.78 is 33.1. The van der Waals surface area contributed by atoms with Crippen molar-refractivity contribution in [3.63, 3.8) is 0 Å². The van der Waals surface area contributed by atoms with E-state index in [-0.39, 0.29) is 34.7 Å². The molecule has 0 bridgehead atoms. The molecule has 0 spiro atoms. The summed E-state index contributed by atoms with van der Waals surface area (Å²) in [6.45, 7) is 0.414. The molecule has 0 aliphatic carbocycles. The highest BCUT2D eigenvalue weighted by atomic mass is 35.5. The molecule has 3 aromatic rings. The van der Waals surface area contributed by atoms with Gasteiger partial charge in [0.1, 0.15) is 5.75 Å². The van der Waals surface area contributed by atoms with Crippen molar-refractivity contribution in [3.8, 4) is 5.75 Å². The maximum absolute atomic E-state index is 13.1. The maximum atomic E-state index is 13.1. The SMILES string of the molecule is O=C(COc1ccc(S(=O)(=O)N2CCc3ccccc32)cc1Cl)NCc1ccccn1. The van der Waals surface area contributed by atoms with Crippen molar-refractivity contribution in [2.24, 2.45) is 0 Å². The van der Waals surface area contributed by atoms with Gasteiger partial charge in [0.25, 0.3) is 15.9 Å². The highest BCUT2D eigenvalue weighted by molar-refractivity contribution is 7.92. The number of hydrogen-bond donors (Lipinski definition) is 1. The van der Waals surface area contributed by atoms with Crippen molar-refractivity contribution in [2.45, 2.75) is 17.9 Å². The molecule has 31 heavy (non-hydrogen) atoms. The van der Waals surface area contributed by atoms with Crippen molar-refractivity contribution in [3.05, 3.63) is 83.1 Å². The van der Waals surface area contributed by atoms with Gasteiger partial charge < -0.3 is 10.1 Å². The molecular formula is C22H20ClN3O4S. The van der Waals surface area contributed by atoms with Crippen LogP contribution in [0.1, 0.15) is 11.3 Å². The summed E-state index contributed by atoms with van der Waals surface area (Å²) in [6.07, 6.45) is 2.31. The molecule has 160 valence electrons. The summed E-state index contributed by atoms with van der Waals surface area (Å²) in [6, 6.07) is 17.1. The number of carbonyl (C=O) groups is 1. The fourth-order valence-electron chi connectivity index (χ4n) is 3.33. The lowest BCUT2D eigenvalue weighted by atomic mass is 10.2. The zero-order chi connectivity index (χ0) is 21.8. The lowest BCUT2D eigenvalue weighted by Crippen LogP contribution is -2.29. The smallest absolute Gasteiger partial charge is 0.264 e. The third-order valence-corrected chi connectivity index (χ3v) is 6.99. The van der Waals surface area contributed by atoms with Gasteiger partial charge in [-0.3, -0.25) is 14.1 Å². The van der Waals surface area contributed by atoms with E-state index < -0.39 is 10.0 Å². The van der Waals surface area contributed by atoms with E-state index in [1.54, 1.807) is 24.4 Å². The van der Waals surface area contributed by atoms with Crippen LogP contribution in [0.2, 0.25) is 5.02 Å². The third-order valence-electron chi connectivity index (χ3n) is 4.89. The van der Waals surface area contributed by atoms with Crippen LogP contribution in [0, 0.1) is 0 Å². The first-order valence-electron chi connectivity index (χ1n) is 9.65. The van der Waals surface area contributed by atoms with Crippen LogP contribution in [0.4, 0.5) is 5.69 Å². The van der Waals surface area contributed by atoms with Crippen molar-refractivity contribution in [1.82, 2.24) is 10.3 Å². The zero-order valence-electron chi connectivity index (χ0n) is 16.5. The second-order valence-corrected chi connectivity index (χ2v) is 9.20. The van der Waals surface area contributed by atoms with Gasteiger partial charge >= 0.3 is 0 Å². The molecule has 0 fully saturated rings. The Morgan fingerprint density at radius 3 is 2.71 bits per heavy atom. The molecule has 1 aliphatic rings. The van der Waals surface area contributed by atoms with Gasteiger partial charge in [-0.25, -0.2) is 8.42 Å². The summed E-state index contributed by atoms with van der Waals surface area (Å²) in [5, 5.41) is 2.82. The summed E-state index contributed by atoms with van der Waals surface area (Å²) in [5.74, 6) is -0.109. The number of rotatable bonds is 7. The highest BCUT2D eigenvalue weighted by Crippen LogP contribution is 2.35. The van der Waals surface area contributed by atoms with Gasteiger partial charge in [-0.1, -0.05) is 35.9 Å². The van der Waals surface area contributed by atoms with E-state index in [0.717, 1.165) is 11.3 Å². The average Bonchev–Trinajstić information content (AvgIpc) is 3.22. The van der Waals surface area contributed by atoms with Crippen LogP contribution in [0.3, 0.4) is 0 Å². The molecule has 7 nitrogen and oxygen atoms in total. The Labute approximate surface area is 185 Å². The molecule has 0 saturated heterocycles. The van der Waals surface area contributed by atoms with Gasteiger partial charge in [0.05, 0.1) is 27.8 Å². The summed E-state index contributed by atoms with van der Waals surface area (Å²) in [5.41, 5.74) is 2.41. The number of hydrogen-bond acceptors (Lipinski definition) is 5. The molecule has 0 unspecified atom stereocenters. The first-order chi connectivity index (χ1) is 14.9. The number of amides is 1. The second kappa shape index (κ2) is 8.95. The molecule has 0 saturated carbocycles. The van der Waals surface area contributed by atoms with Gasteiger partial charge in [-0.05, 0) is 48.4 Å². The van der Waals surface area contributed by atoms with Crippen molar-refractivity contribution in [2.75, 3.05) is 17.5 Å². The Morgan fingerprint density at radius 2 is 1.94 bits per heavy atom. The van der Waals surface area contributed by atoms with Crippen molar-refractivity contribution >= 4 is 33.2 Å². The van der Waals surface area contributed by atoms with Crippen molar-refractivity contribution in [1.29, 1.82) is 0 Å². The second-order valence-electron chi connectivity index (χ2n) is 6.93.